The summed E-state index contributed by atoms with van der Waals surface area (Å²) in [5.41, 5.74) is 1.07. The molecule has 0 radical (unpaired) electrons. The van der Waals surface area contributed by atoms with E-state index in [0.29, 0.717) is 17.5 Å². The standard InChI is InChI=1S/C21H34N4O2S/c1-17-3-5-21(6-4-17)28(26,27)22-14-20-13-18-7-8-25(20)16-19(18)15-24-11-9-23(2)10-12-24/h3-6,18-20,22H,7-16H2,1-2H3/t18-,19-,20+/m0/s1. The van der Waals surface area contributed by atoms with Crippen molar-refractivity contribution in [2.45, 2.75) is 30.7 Å². The predicted molar refractivity (Wildman–Crippen MR) is 112 cm³/mol. The zero-order valence-electron chi connectivity index (χ0n) is 17.2. The first-order chi connectivity index (χ1) is 13.4. The number of nitrogens with one attached hydrogen (secondary N) is 1. The molecule has 0 aromatic heterocycles. The first-order valence-corrected chi connectivity index (χ1v) is 12.1. The van der Waals surface area contributed by atoms with Crippen LogP contribution in [-0.2, 0) is 10.0 Å². The molecular weight excluding hydrogens is 372 g/mol. The molecule has 4 atom stereocenters. The second-order valence-corrected chi connectivity index (χ2v) is 10.7. The van der Waals surface area contributed by atoms with Crippen molar-refractivity contribution in [1.82, 2.24) is 19.4 Å². The second kappa shape index (κ2) is 8.40. The van der Waals surface area contributed by atoms with Gasteiger partial charge in [0.1, 0.15) is 0 Å². The quantitative estimate of drug-likeness (QED) is 0.770. The van der Waals surface area contributed by atoms with E-state index >= 15 is 0 Å². The van der Waals surface area contributed by atoms with Crippen LogP contribution in [-0.4, -0.2) is 88.6 Å². The molecule has 0 saturated carbocycles. The Morgan fingerprint density at radius 1 is 1.07 bits per heavy atom. The van der Waals surface area contributed by atoms with Crippen LogP contribution in [0.5, 0.6) is 0 Å². The van der Waals surface area contributed by atoms with Crippen molar-refractivity contribution in [3.63, 3.8) is 0 Å². The van der Waals surface area contributed by atoms with Gasteiger partial charge in [0.05, 0.1) is 4.90 Å². The van der Waals surface area contributed by atoms with Crippen molar-refractivity contribution in [3.05, 3.63) is 29.8 Å². The summed E-state index contributed by atoms with van der Waals surface area (Å²) in [5, 5.41) is 0. The molecule has 2 bridgehead atoms. The Morgan fingerprint density at radius 2 is 1.79 bits per heavy atom. The Morgan fingerprint density at radius 3 is 2.43 bits per heavy atom. The number of piperidine rings is 3. The van der Waals surface area contributed by atoms with Crippen LogP contribution in [0.25, 0.3) is 0 Å². The van der Waals surface area contributed by atoms with Gasteiger partial charge in [-0.2, -0.15) is 0 Å². The molecule has 5 rings (SSSR count). The van der Waals surface area contributed by atoms with E-state index in [0.717, 1.165) is 36.9 Å². The van der Waals surface area contributed by atoms with E-state index in [1.807, 2.05) is 19.1 Å². The van der Waals surface area contributed by atoms with Crippen molar-refractivity contribution < 1.29 is 8.42 Å². The van der Waals surface area contributed by atoms with E-state index in [2.05, 4.69) is 26.5 Å². The maximum absolute atomic E-state index is 12.6. The number of likely N-dealkylation sites (N-methyl/N-ethyl adjacent to an activating group) is 1. The molecular formula is C21H34N4O2S. The fourth-order valence-electron chi connectivity index (χ4n) is 5.04. The molecule has 1 aromatic carbocycles. The minimum atomic E-state index is -3.42. The average Bonchev–Trinajstić information content (AvgIpc) is 2.69. The number of nitrogens with zero attached hydrogens (tertiary/aromatic N) is 3. The van der Waals surface area contributed by atoms with E-state index in [4.69, 9.17) is 0 Å². The number of hydrogen-bond acceptors (Lipinski definition) is 5. The molecule has 7 heteroatoms. The van der Waals surface area contributed by atoms with E-state index in [1.165, 1.54) is 39.1 Å². The fourth-order valence-corrected chi connectivity index (χ4v) is 6.11. The molecule has 1 N–H and O–H groups in total. The number of fused-ring (bicyclic) bond motifs is 3. The number of piperazine rings is 1. The Bertz CT molecular complexity index is 759. The highest BCUT2D eigenvalue weighted by atomic mass is 32.2. The van der Waals surface area contributed by atoms with E-state index in [9.17, 15) is 8.42 Å². The summed E-state index contributed by atoms with van der Waals surface area (Å²) in [5.74, 6) is 1.47. The average molecular weight is 407 g/mol. The summed E-state index contributed by atoms with van der Waals surface area (Å²) < 4.78 is 28.1. The van der Waals surface area contributed by atoms with Gasteiger partial charge in [-0.3, -0.25) is 4.90 Å². The molecule has 0 spiro atoms. The number of hydrogen-bond donors (Lipinski definition) is 1. The Labute approximate surface area is 169 Å². The molecule has 4 aliphatic heterocycles. The van der Waals surface area contributed by atoms with Crippen molar-refractivity contribution in [2.75, 3.05) is 59.4 Å². The summed E-state index contributed by atoms with van der Waals surface area (Å²) in [7, 11) is -1.22. The molecule has 28 heavy (non-hydrogen) atoms. The lowest BCUT2D eigenvalue weighted by atomic mass is 9.75. The third-order valence-electron chi connectivity index (χ3n) is 6.94. The molecule has 1 aromatic rings. The Balaban J connectivity index is 1.30. The third kappa shape index (κ3) is 4.60. The van der Waals surface area contributed by atoms with Crippen molar-refractivity contribution in [2.24, 2.45) is 11.8 Å². The molecule has 0 amide bonds. The largest absolute Gasteiger partial charge is 0.304 e. The van der Waals surface area contributed by atoms with Crippen LogP contribution >= 0.6 is 0 Å². The van der Waals surface area contributed by atoms with Gasteiger partial charge in [-0.05, 0) is 57.3 Å². The van der Waals surface area contributed by atoms with E-state index in [-0.39, 0.29) is 0 Å². The summed E-state index contributed by atoms with van der Waals surface area (Å²) >= 11 is 0. The van der Waals surface area contributed by atoms with Gasteiger partial charge in [-0.1, -0.05) is 17.7 Å². The van der Waals surface area contributed by atoms with Gasteiger partial charge in [-0.15, -0.1) is 0 Å². The number of rotatable bonds is 6. The van der Waals surface area contributed by atoms with Gasteiger partial charge >= 0.3 is 0 Å². The maximum atomic E-state index is 12.6. The summed E-state index contributed by atoms with van der Waals surface area (Å²) in [6.07, 6.45) is 2.38. The topological polar surface area (TPSA) is 55.9 Å². The van der Waals surface area contributed by atoms with Crippen molar-refractivity contribution in [3.8, 4) is 0 Å². The smallest absolute Gasteiger partial charge is 0.240 e. The highest BCUT2D eigenvalue weighted by molar-refractivity contribution is 7.89. The van der Waals surface area contributed by atoms with Gasteiger partial charge in [0, 0.05) is 51.9 Å². The number of sulfonamides is 1. The van der Waals surface area contributed by atoms with Gasteiger partial charge in [0.2, 0.25) is 10.0 Å². The fraction of sp³-hybridized carbons (Fsp3) is 0.714. The van der Waals surface area contributed by atoms with Crippen LogP contribution in [0.15, 0.2) is 29.2 Å². The first kappa shape index (κ1) is 20.3. The van der Waals surface area contributed by atoms with Crippen LogP contribution in [0.2, 0.25) is 0 Å². The van der Waals surface area contributed by atoms with Gasteiger partial charge in [-0.25, -0.2) is 13.1 Å². The summed E-state index contributed by atoms with van der Waals surface area (Å²) in [6.45, 7) is 10.6. The van der Waals surface area contributed by atoms with Crippen LogP contribution in [0.3, 0.4) is 0 Å². The molecule has 1 unspecified atom stereocenters. The van der Waals surface area contributed by atoms with E-state index < -0.39 is 10.0 Å². The normalized spacial score (nSPS) is 31.9. The molecule has 4 fully saturated rings. The molecule has 6 nitrogen and oxygen atoms in total. The minimum absolute atomic E-state index is 0.336. The highest BCUT2D eigenvalue weighted by Crippen LogP contribution is 2.36. The Hall–Kier alpha value is -0.990. The third-order valence-corrected chi connectivity index (χ3v) is 8.38. The predicted octanol–water partition coefficient (Wildman–Crippen LogP) is 1.23. The molecule has 4 heterocycles. The zero-order chi connectivity index (χ0) is 19.7. The summed E-state index contributed by atoms with van der Waals surface area (Å²) in [6, 6.07) is 7.42. The van der Waals surface area contributed by atoms with Crippen molar-refractivity contribution >= 4 is 10.0 Å². The zero-order valence-corrected chi connectivity index (χ0v) is 18.0. The first-order valence-electron chi connectivity index (χ1n) is 10.6. The SMILES string of the molecule is Cc1ccc(S(=O)(=O)NC[C@H]2C[C@@H]3CCN2C[C@@H]3CN2CCN(C)CC2)cc1. The van der Waals surface area contributed by atoms with Gasteiger partial charge in [0.15, 0.2) is 0 Å². The van der Waals surface area contributed by atoms with Gasteiger partial charge < -0.3 is 9.80 Å². The molecule has 4 saturated heterocycles. The minimum Gasteiger partial charge on any atom is -0.304 e. The van der Waals surface area contributed by atoms with Crippen LogP contribution in [0.4, 0.5) is 0 Å². The molecule has 0 aliphatic carbocycles. The lowest BCUT2D eigenvalue weighted by molar-refractivity contribution is -0.0149. The highest BCUT2D eigenvalue weighted by Gasteiger charge is 2.40. The lowest BCUT2D eigenvalue weighted by Crippen LogP contribution is -2.59. The maximum Gasteiger partial charge on any atom is 0.240 e. The number of aryl methyl sites for hydroxylation is 1. The number of benzene rings is 1. The summed E-state index contributed by atoms with van der Waals surface area (Å²) in [4.78, 5) is 7.92. The van der Waals surface area contributed by atoms with Crippen LogP contribution in [0.1, 0.15) is 18.4 Å². The molecule has 4 aliphatic rings. The second-order valence-electron chi connectivity index (χ2n) is 8.96. The lowest BCUT2D eigenvalue weighted by Gasteiger charge is -2.51. The monoisotopic (exact) mass is 406 g/mol. The van der Waals surface area contributed by atoms with Gasteiger partial charge in [0.25, 0.3) is 0 Å². The van der Waals surface area contributed by atoms with Crippen LogP contribution < -0.4 is 4.72 Å². The Kier molecular flexibility index (Phi) is 6.09. The molecule has 156 valence electrons. The van der Waals surface area contributed by atoms with Crippen LogP contribution in [0, 0.1) is 18.8 Å². The van der Waals surface area contributed by atoms with E-state index in [1.54, 1.807) is 12.1 Å². The van der Waals surface area contributed by atoms with Crippen molar-refractivity contribution in [1.29, 1.82) is 0 Å².